The maximum atomic E-state index is 12.7. The summed E-state index contributed by atoms with van der Waals surface area (Å²) in [4.78, 5) is 18.9. The first-order valence-electron chi connectivity index (χ1n) is 7.78. The van der Waals surface area contributed by atoms with Crippen LogP contribution in [-0.2, 0) is 9.53 Å². The minimum absolute atomic E-state index is 0.0872. The Labute approximate surface area is 129 Å². The van der Waals surface area contributed by atoms with Crippen LogP contribution in [0.5, 0.6) is 0 Å². The second-order valence-electron chi connectivity index (χ2n) is 5.86. The molecule has 2 atom stereocenters. The monoisotopic (exact) mass is 294 g/mol. The third-order valence-corrected chi connectivity index (χ3v) is 4.52. The van der Waals surface area contributed by atoms with Gasteiger partial charge in [-0.1, -0.05) is 42.5 Å². The topological polar surface area (TPSA) is 41.9 Å². The number of aliphatic imine (C=N–C) groups is 1. The molecule has 2 aromatic rings. The van der Waals surface area contributed by atoms with Crippen molar-refractivity contribution >= 4 is 23.1 Å². The molecule has 2 aliphatic rings. The number of hydrogen-bond acceptors (Lipinski definition) is 3. The van der Waals surface area contributed by atoms with Gasteiger partial charge in [-0.2, -0.15) is 0 Å². The van der Waals surface area contributed by atoms with E-state index in [4.69, 9.17) is 4.74 Å². The Bertz CT molecular complexity index is 729. The summed E-state index contributed by atoms with van der Waals surface area (Å²) in [5.74, 6) is 0.0872. The molecule has 0 radical (unpaired) electrons. The maximum Gasteiger partial charge on any atom is 0.251 e. The number of amides is 1. The van der Waals surface area contributed by atoms with Gasteiger partial charge in [0.1, 0.15) is 0 Å². The van der Waals surface area contributed by atoms with E-state index in [1.807, 2.05) is 29.2 Å². The highest BCUT2D eigenvalue weighted by molar-refractivity contribution is 5.90. The molecule has 0 aromatic heterocycles. The minimum Gasteiger partial charge on any atom is -0.473 e. The number of ether oxygens (including phenoxy) is 1. The highest BCUT2D eigenvalue weighted by atomic mass is 16.5. The van der Waals surface area contributed by atoms with Crippen LogP contribution in [0.15, 0.2) is 47.5 Å². The van der Waals surface area contributed by atoms with Crippen LogP contribution < -0.4 is 0 Å². The van der Waals surface area contributed by atoms with Crippen molar-refractivity contribution in [2.75, 3.05) is 13.1 Å². The lowest BCUT2D eigenvalue weighted by molar-refractivity contribution is -0.133. The van der Waals surface area contributed by atoms with Gasteiger partial charge in [-0.05, 0) is 23.6 Å². The summed E-state index contributed by atoms with van der Waals surface area (Å²) in [5, 5.41) is 2.28. The number of nitrogens with zero attached hydrogens (tertiary/aromatic N) is 2. The first-order chi connectivity index (χ1) is 10.8. The van der Waals surface area contributed by atoms with Gasteiger partial charge in [-0.3, -0.25) is 4.79 Å². The summed E-state index contributed by atoms with van der Waals surface area (Å²) in [5.41, 5.74) is 1.04. The van der Waals surface area contributed by atoms with Crippen molar-refractivity contribution in [1.29, 1.82) is 0 Å². The molecular formula is C18H18N2O2. The molecule has 1 saturated heterocycles. The van der Waals surface area contributed by atoms with E-state index in [9.17, 15) is 4.79 Å². The van der Waals surface area contributed by atoms with Gasteiger partial charge in [0.05, 0.1) is 0 Å². The second kappa shape index (κ2) is 5.44. The predicted molar refractivity (Wildman–Crippen MR) is 85.9 cm³/mol. The van der Waals surface area contributed by atoms with E-state index in [1.165, 1.54) is 6.40 Å². The molecule has 2 heterocycles. The van der Waals surface area contributed by atoms with Gasteiger partial charge in [-0.25, -0.2) is 4.99 Å². The van der Waals surface area contributed by atoms with Crippen LogP contribution >= 0.6 is 0 Å². The van der Waals surface area contributed by atoms with Crippen LogP contribution in [0.25, 0.3) is 10.8 Å². The smallest absolute Gasteiger partial charge is 0.251 e. The van der Waals surface area contributed by atoms with Crippen LogP contribution in [0.1, 0.15) is 24.5 Å². The SMILES string of the molecule is O=C([C@@H]1N=CO[C@H]1c1cccc2ccccc12)N1CCCC1. The number of carbonyl (C=O) groups excluding carboxylic acids is 1. The summed E-state index contributed by atoms with van der Waals surface area (Å²) in [6, 6.07) is 13.8. The number of carbonyl (C=O) groups is 1. The van der Waals surface area contributed by atoms with Gasteiger partial charge in [0.25, 0.3) is 5.91 Å². The Hall–Kier alpha value is -2.36. The Morgan fingerprint density at radius 3 is 2.73 bits per heavy atom. The maximum absolute atomic E-state index is 12.7. The van der Waals surface area contributed by atoms with Crippen LogP contribution in [0.2, 0.25) is 0 Å². The van der Waals surface area contributed by atoms with Crippen LogP contribution in [0.4, 0.5) is 0 Å². The lowest BCUT2D eigenvalue weighted by Crippen LogP contribution is -2.38. The zero-order valence-electron chi connectivity index (χ0n) is 12.3. The molecule has 2 aliphatic heterocycles. The van der Waals surface area contributed by atoms with Gasteiger partial charge in [0.2, 0.25) is 0 Å². The second-order valence-corrected chi connectivity index (χ2v) is 5.86. The first-order valence-corrected chi connectivity index (χ1v) is 7.78. The number of benzene rings is 2. The summed E-state index contributed by atoms with van der Waals surface area (Å²) in [6.07, 6.45) is 3.29. The first kappa shape index (κ1) is 13.3. The molecule has 4 nitrogen and oxygen atoms in total. The van der Waals surface area contributed by atoms with Crippen LogP contribution in [-0.4, -0.2) is 36.3 Å². The van der Waals surface area contributed by atoms with Crippen molar-refractivity contribution in [3.8, 4) is 0 Å². The van der Waals surface area contributed by atoms with Gasteiger partial charge in [0.15, 0.2) is 18.5 Å². The van der Waals surface area contributed by atoms with Gasteiger partial charge < -0.3 is 9.64 Å². The zero-order chi connectivity index (χ0) is 14.9. The third kappa shape index (κ3) is 2.15. The lowest BCUT2D eigenvalue weighted by atomic mass is 9.96. The van der Waals surface area contributed by atoms with E-state index in [1.54, 1.807) is 0 Å². The normalized spacial score (nSPS) is 23.9. The van der Waals surface area contributed by atoms with E-state index >= 15 is 0 Å². The summed E-state index contributed by atoms with van der Waals surface area (Å²) in [7, 11) is 0. The molecule has 1 amide bonds. The molecule has 0 spiro atoms. The van der Waals surface area contributed by atoms with Gasteiger partial charge >= 0.3 is 0 Å². The fraction of sp³-hybridized carbons (Fsp3) is 0.333. The van der Waals surface area contributed by atoms with Gasteiger partial charge in [-0.15, -0.1) is 0 Å². The largest absolute Gasteiger partial charge is 0.473 e. The highest BCUT2D eigenvalue weighted by Crippen LogP contribution is 2.33. The third-order valence-electron chi connectivity index (χ3n) is 4.52. The van der Waals surface area contributed by atoms with E-state index in [0.29, 0.717) is 0 Å². The molecule has 1 fully saturated rings. The van der Waals surface area contributed by atoms with Crippen molar-refractivity contribution in [1.82, 2.24) is 4.90 Å². The lowest BCUT2D eigenvalue weighted by Gasteiger charge is -2.23. The average Bonchev–Trinajstić information content (AvgIpc) is 3.25. The Kier molecular flexibility index (Phi) is 3.29. The fourth-order valence-electron chi connectivity index (χ4n) is 3.38. The van der Waals surface area contributed by atoms with Crippen molar-refractivity contribution in [2.24, 2.45) is 4.99 Å². The summed E-state index contributed by atoms with van der Waals surface area (Å²) >= 11 is 0. The number of rotatable bonds is 2. The molecule has 112 valence electrons. The molecule has 4 rings (SSSR count). The zero-order valence-corrected chi connectivity index (χ0v) is 12.3. The molecule has 0 aliphatic carbocycles. The molecule has 0 saturated carbocycles. The van der Waals surface area contributed by atoms with E-state index < -0.39 is 6.04 Å². The quantitative estimate of drug-likeness (QED) is 0.854. The highest BCUT2D eigenvalue weighted by Gasteiger charge is 2.37. The number of hydrogen-bond donors (Lipinski definition) is 0. The van der Waals surface area contributed by atoms with E-state index in [2.05, 4.69) is 23.2 Å². The Morgan fingerprint density at radius 1 is 1.09 bits per heavy atom. The van der Waals surface area contributed by atoms with E-state index in [-0.39, 0.29) is 12.0 Å². The van der Waals surface area contributed by atoms with Crippen molar-refractivity contribution in [3.63, 3.8) is 0 Å². The molecule has 2 aromatic carbocycles. The van der Waals surface area contributed by atoms with Crippen LogP contribution in [0, 0.1) is 0 Å². The van der Waals surface area contributed by atoms with Crippen LogP contribution in [0.3, 0.4) is 0 Å². The molecule has 0 unspecified atom stereocenters. The molecule has 0 bridgehead atoms. The summed E-state index contributed by atoms with van der Waals surface area (Å²) < 4.78 is 5.70. The Morgan fingerprint density at radius 2 is 1.86 bits per heavy atom. The molecular weight excluding hydrogens is 276 g/mol. The Balaban J connectivity index is 1.70. The summed E-state index contributed by atoms with van der Waals surface area (Å²) in [6.45, 7) is 1.68. The van der Waals surface area contributed by atoms with Crippen molar-refractivity contribution in [2.45, 2.75) is 25.0 Å². The minimum atomic E-state index is -0.455. The number of likely N-dealkylation sites (tertiary alicyclic amines) is 1. The molecule has 22 heavy (non-hydrogen) atoms. The standard InChI is InChI=1S/C18H18N2O2/c21-18(20-10-3-4-11-20)16-17(22-12-19-16)15-9-5-7-13-6-1-2-8-14(13)15/h1-2,5-9,12,16-17H,3-4,10-11H2/t16-,17+/m1/s1. The molecule has 4 heteroatoms. The predicted octanol–water partition coefficient (Wildman–Crippen LogP) is 2.93. The van der Waals surface area contributed by atoms with E-state index in [0.717, 1.165) is 42.3 Å². The van der Waals surface area contributed by atoms with Gasteiger partial charge in [0, 0.05) is 18.7 Å². The average molecular weight is 294 g/mol. The van der Waals surface area contributed by atoms with Crippen molar-refractivity contribution in [3.05, 3.63) is 48.0 Å². The fourth-order valence-corrected chi connectivity index (χ4v) is 3.38. The van der Waals surface area contributed by atoms with Crippen molar-refractivity contribution < 1.29 is 9.53 Å². The number of fused-ring (bicyclic) bond motifs is 1. The molecule has 0 N–H and O–H groups in total.